The van der Waals surface area contributed by atoms with Gasteiger partial charge in [-0.05, 0) is 89.9 Å². The summed E-state index contributed by atoms with van der Waals surface area (Å²) in [5.74, 6) is 0. The fourth-order valence-corrected chi connectivity index (χ4v) is 7.84. The first-order chi connectivity index (χ1) is 22.1. The quantitative estimate of drug-likeness (QED) is 0.187. The molecule has 0 unspecified atom stereocenters. The summed E-state index contributed by atoms with van der Waals surface area (Å²) >= 11 is 1.70. The molecular weight excluding hydrogens is 537 g/mol. The summed E-state index contributed by atoms with van der Waals surface area (Å²) < 4.78 is 18.8. The van der Waals surface area contributed by atoms with Gasteiger partial charge in [-0.15, -0.1) is 11.3 Å². The van der Waals surface area contributed by atoms with Crippen LogP contribution in [0.25, 0.3) is 85.9 Å². The molecule has 0 fully saturated rings. The largest absolute Gasteiger partial charge is 0.135 e. The van der Waals surface area contributed by atoms with Crippen molar-refractivity contribution in [3.63, 3.8) is 0 Å². The average molecular weight is 565 g/mol. The molecule has 0 spiro atoms. The highest BCUT2D eigenvalue weighted by molar-refractivity contribution is 7.25. The normalized spacial score (nSPS) is 12.4. The van der Waals surface area contributed by atoms with Crippen LogP contribution in [0.15, 0.2) is 158 Å². The molecular formula is C42H26S. The lowest BCUT2D eigenvalue weighted by Gasteiger charge is -2.20. The van der Waals surface area contributed by atoms with Crippen molar-refractivity contribution >= 4 is 63.8 Å². The molecule has 8 aromatic carbocycles. The minimum absolute atomic E-state index is 0.529. The molecule has 0 aliphatic heterocycles. The summed E-state index contributed by atoms with van der Waals surface area (Å²) in [6.45, 7) is 0. The lowest BCUT2D eigenvalue weighted by molar-refractivity contribution is 1.62. The van der Waals surface area contributed by atoms with E-state index in [2.05, 4.69) is 115 Å². The van der Waals surface area contributed by atoms with Crippen molar-refractivity contribution in [3.8, 4) is 33.4 Å². The molecule has 0 amide bonds. The van der Waals surface area contributed by atoms with Gasteiger partial charge < -0.3 is 0 Å². The Morgan fingerprint density at radius 2 is 1.05 bits per heavy atom. The van der Waals surface area contributed by atoms with Crippen molar-refractivity contribution in [2.45, 2.75) is 0 Å². The zero-order valence-electron chi connectivity index (χ0n) is 25.3. The molecule has 0 nitrogen and oxygen atoms in total. The molecule has 0 radical (unpaired) electrons. The van der Waals surface area contributed by atoms with Crippen LogP contribution in [-0.2, 0) is 0 Å². The van der Waals surface area contributed by atoms with Crippen molar-refractivity contribution in [1.29, 1.82) is 0 Å². The lowest BCUT2D eigenvalue weighted by Crippen LogP contribution is -1.92. The van der Waals surface area contributed by atoms with Gasteiger partial charge in [0.25, 0.3) is 0 Å². The molecule has 0 atom stereocenters. The summed E-state index contributed by atoms with van der Waals surface area (Å²) in [6, 6.07) is 52.7. The third-order valence-corrected chi connectivity index (χ3v) is 9.83. The minimum atomic E-state index is 0.529. The van der Waals surface area contributed by atoms with Crippen molar-refractivity contribution in [1.82, 2.24) is 0 Å². The predicted molar refractivity (Wildman–Crippen MR) is 188 cm³/mol. The third kappa shape index (κ3) is 3.82. The molecule has 1 heteroatoms. The summed E-state index contributed by atoms with van der Waals surface area (Å²) in [5, 5.41) is 9.47. The molecule has 0 bridgehead atoms. The van der Waals surface area contributed by atoms with E-state index >= 15 is 0 Å². The number of fused-ring (bicyclic) bond motifs is 6. The Hall–Kier alpha value is -5.24. The summed E-state index contributed by atoms with van der Waals surface area (Å²) in [6.07, 6.45) is 0. The van der Waals surface area contributed by atoms with Crippen LogP contribution in [0.2, 0.25) is 0 Å². The maximum absolute atomic E-state index is 8.47. The number of benzene rings is 8. The Balaban J connectivity index is 1.34. The maximum Gasteiger partial charge on any atom is 0.0638 e. The molecule has 9 rings (SSSR count). The van der Waals surface area contributed by atoms with Gasteiger partial charge in [0, 0.05) is 20.2 Å². The van der Waals surface area contributed by atoms with Gasteiger partial charge in [0.05, 0.1) is 2.74 Å². The second-order valence-corrected chi connectivity index (χ2v) is 12.2. The standard InChI is InChI=1S/C42H26S/c1-2-12-28-25-29(22-21-27(28)11-1)31-13-3-4-15-33(31)42-36-18-7-5-16-34(36)41(35-17-6-8-19-37(35)42)30-23-24-40-38(26-30)32-14-9-10-20-39(32)43-40/h1-26H/i1D,20D. The first-order valence-corrected chi connectivity index (χ1v) is 15.4. The van der Waals surface area contributed by atoms with Gasteiger partial charge in [0.15, 0.2) is 0 Å². The van der Waals surface area contributed by atoms with E-state index in [1.165, 1.54) is 59.4 Å². The van der Waals surface area contributed by atoms with Crippen LogP contribution in [0.4, 0.5) is 0 Å². The van der Waals surface area contributed by atoms with Gasteiger partial charge in [-0.25, -0.2) is 0 Å². The smallest absolute Gasteiger partial charge is 0.0638 e. The molecule has 200 valence electrons. The van der Waals surface area contributed by atoms with Gasteiger partial charge in [-0.3, -0.25) is 0 Å². The van der Waals surface area contributed by atoms with Crippen molar-refractivity contribution in [2.75, 3.05) is 0 Å². The van der Waals surface area contributed by atoms with Crippen molar-refractivity contribution in [3.05, 3.63) is 158 Å². The van der Waals surface area contributed by atoms with E-state index in [1.807, 2.05) is 30.3 Å². The summed E-state index contributed by atoms with van der Waals surface area (Å²) in [7, 11) is 0. The molecule has 0 saturated heterocycles. The van der Waals surface area contributed by atoms with E-state index in [-0.39, 0.29) is 0 Å². The maximum atomic E-state index is 8.47. The van der Waals surface area contributed by atoms with Gasteiger partial charge >= 0.3 is 0 Å². The van der Waals surface area contributed by atoms with E-state index in [4.69, 9.17) is 2.74 Å². The van der Waals surface area contributed by atoms with Gasteiger partial charge in [-0.2, -0.15) is 0 Å². The van der Waals surface area contributed by atoms with Gasteiger partial charge in [0.2, 0.25) is 0 Å². The summed E-state index contributed by atoms with van der Waals surface area (Å²) in [4.78, 5) is 0. The number of hydrogen-bond donors (Lipinski definition) is 0. The molecule has 1 heterocycles. The van der Waals surface area contributed by atoms with Gasteiger partial charge in [-0.1, -0.05) is 133 Å². The van der Waals surface area contributed by atoms with Crippen LogP contribution in [0.1, 0.15) is 2.74 Å². The first-order valence-electron chi connectivity index (χ1n) is 15.6. The van der Waals surface area contributed by atoms with E-state index in [9.17, 15) is 0 Å². The fraction of sp³-hybridized carbons (Fsp3) is 0. The monoisotopic (exact) mass is 564 g/mol. The highest BCUT2D eigenvalue weighted by Crippen LogP contribution is 2.47. The Morgan fingerprint density at radius 3 is 1.84 bits per heavy atom. The highest BCUT2D eigenvalue weighted by Gasteiger charge is 2.19. The van der Waals surface area contributed by atoms with Gasteiger partial charge in [0.1, 0.15) is 0 Å². The fourth-order valence-electron chi connectivity index (χ4n) is 6.79. The number of thiophene rings is 1. The van der Waals surface area contributed by atoms with E-state index in [1.54, 1.807) is 11.3 Å². The Morgan fingerprint density at radius 1 is 0.395 bits per heavy atom. The molecule has 1 aromatic heterocycles. The SMILES string of the molecule is [2H]c1ccc2cc(-c3ccccc3-c3c4ccccc4c(-c4ccc5sc6c([2H])cccc6c5c4)c4ccccc34)ccc2c1. The van der Waals surface area contributed by atoms with Crippen LogP contribution in [0, 0.1) is 0 Å². The lowest BCUT2D eigenvalue weighted by atomic mass is 9.83. The topological polar surface area (TPSA) is 0 Å². The zero-order valence-corrected chi connectivity index (χ0v) is 24.1. The molecule has 0 saturated carbocycles. The minimum Gasteiger partial charge on any atom is -0.135 e. The zero-order chi connectivity index (χ0) is 30.1. The van der Waals surface area contributed by atoms with E-state index in [0.717, 1.165) is 26.4 Å². The van der Waals surface area contributed by atoms with Crippen LogP contribution < -0.4 is 0 Å². The van der Waals surface area contributed by atoms with Crippen molar-refractivity contribution in [2.24, 2.45) is 0 Å². The molecule has 43 heavy (non-hydrogen) atoms. The number of rotatable bonds is 3. The predicted octanol–water partition coefficient (Wildman–Crippen LogP) is 12.5. The first kappa shape index (κ1) is 22.4. The Kier molecular flexibility index (Phi) is 5.03. The molecule has 0 aliphatic carbocycles. The van der Waals surface area contributed by atoms with E-state index < -0.39 is 0 Å². The second kappa shape index (κ2) is 9.66. The van der Waals surface area contributed by atoms with Crippen molar-refractivity contribution < 1.29 is 2.74 Å². The second-order valence-electron chi connectivity index (χ2n) is 11.1. The Labute approximate surface area is 256 Å². The highest BCUT2D eigenvalue weighted by atomic mass is 32.1. The molecule has 9 aromatic rings. The molecule has 0 N–H and O–H groups in total. The average Bonchev–Trinajstić information content (AvgIpc) is 3.46. The number of hydrogen-bond acceptors (Lipinski definition) is 1. The van der Waals surface area contributed by atoms with Crippen LogP contribution >= 0.6 is 11.3 Å². The Bertz CT molecular complexity index is 2570. The van der Waals surface area contributed by atoms with Crippen LogP contribution in [0.3, 0.4) is 0 Å². The molecule has 0 aliphatic rings. The third-order valence-electron chi connectivity index (χ3n) is 8.71. The summed E-state index contributed by atoms with van der Waals surface area (Å²) in [5.41, 5.74) is 7.22. The van der Waals surface area contributed by atoms with E-state index in [0.29, 0.717) is 12.1 Å². The van der Waals surface area contributed by atoms with Crippen LogP contribution in [-0.4, -0.2) is 0 Å². The van der Waals surface area contributed by atoms with Crippen LogP contribution in [0.5, 0.6) is 0 Å².